The standard InChI is InChI=1S/C9H18N2O4S2/c1-8-6-10-3-4-11(17(8,14)15)9-2-5-16(12,13)7-9/h8-10H,2-7H2,1H3. The summed E-state index contributed by atoms with van der Waals surface area (Å²) >= 11 is 0. The fourth-order valence-electron chi connectivity index (χ4n) is 2.35. The normalized spacial score (nSPS) is 37.7. The Bertz CT molecular complexity index is 485. The maximum atomic E-state index is 12.2. The third-order valence-corrected chi connectivity index (χ3v) is 7.46. The lowest BCUT2D eigenvalue weighted by molar-refractivity contribution is 0.346. The molecule has 0 aromatic rings. The lowest BCUT2D eigenvalue weighted by atomic mass is 10.2. The fourth-order valence-corrected chi connectivity index (χ4v) is 5.91. The summed E-state index contributed by atoms with van der Waals surface area (Å²) in [6.45, 7) is 3.04. The van der Waals surface area contributed by atoms with Gasteiger partial charge in [0, 0.05) is 25.7 Å². The smallest absolute Gasteiger partial charge is 0.218 e. The van der Waals surface area contributed by atoms with Crippen molar-refractivity contribution >= 4 is 19.9 Å². The van der Waals surface area contributed by atoms with Crippen LogP contribution in [0.4, 0.5) is 0 Å². The summed E-state index contributed by atoms with van der Waals surface area (Å²) < 4.78 is 48.7. The molecule has 2 atom stereocenters. The molecule has 0 aromatic carbocycles. The molecule has 1 N–H and O–H groups in total. The lowest BCUT2D eigenvalue weighted by Gasteiger charge is -2.27. The second-order valence-corrected chi connectivity index (χ2v) is 9.26. The number of hydrogen-bond acceptors (Lipinski definition) is 5. The zero-order valence-corrected chi connectivity index (χ0v) is 11.4. The van der Waals surface area contributed by atoms with Crippen molar-refractivity contribution in [3.63, 3.8) is 0 Å². The predicted octanol–water partition coefficient (Wildman–Crippen LogP) is -1.20. The van der Waals surface area contributed by atoms with Crippen molar-refractivity contribution in [3.8, 4) is 0 Å². The first-order valence-corrected chi connectivity index (χ1v) is 9.07. The van der Waals surface area contributed by atoms with E-state index in [1.807, 2.05) is 0 Å². The Labute approximate surface area is 102 Å². The molecule has 0 spiro atoms. The number of sulfonamides is 1. The Kier molecular flexibility index (Phi) is 3.50. The Balaban J connectivity index is 2.25. The van der Waals surface area contributed by atoms with Crippen molar-refractivity contribution in [2.45, 2.75) is 24.6 Å². The number of sulfone groups is 1. The molecule has 6 nitrogen and oxygen atoms in total. The molecule has 2 rings (SSSR count). The zero-order valence-electron chi connectivity index (χ0n) is 9.79. The maximum Gasteiger partial charge on any atom is 0.218 e. The van der Waals surface area contributed by atoms with Crippen molar-refractivity contribution in [1.29, 1.82) is 0 Å². The van der Waals surface area contributed by atoms with Gasteiger partial charge in [0.15, 0.2) is 9.84 Å². The Hall–Kier alpha value is -0.180. The average Bonchev–Trinajstić information content (AvgIpc) is 2.50. The van der Waals surface area contributed by atoms with E-state index >= 15 is 0 Å². The van der Waals surface area contributed by atoms with E-state index in [0.717, 1.165) is 0 Å². The number of nitrogens with one attached hydrogen (secondary N) is 1. The van der Waals surface area contributed by atoms with Crippen molar-refractivity contribution in [3.05, 3.63) is 0 Å². The molecule has 17 heavy (non-hydrogen) atoms. The van der Waals surface area contributed by atoms with Gasteiger partial charge in [0.2, 0.25) is 10.0 Å². The molecule has 0 radical (unpaired) electrons. The van der Waals surface area contributed by atoms with Crippen LogP contribution in [0, 0.1) is 0 Å². The van der Waals surface area contributed by atoms with E-state index in [0.29, 0.717) is 26.1 Å². The van der Waals surface area contributed by atoms with Gasteiger partial charge < -0.3 is 5.32 Å². The molecule has 8 heteroatoms. The Morgan fingerprint density at radius 2 is 1.94 bits per heavy atom. The third-order valence-electron chi connectivity index (χ3n) is 3.39. The van der Waals surface area contributed by atoms with Gasteiger partial charge in [0.25, 0.3) is 0 Å². The van der Waals surface area contributed by atoms with E-state index < -0.39 is 25.1 Å². The third kappa shape index (κ3) is 2.64. The van der Waals surface area contributed by atoms with E-state index in [1.165, 1.54) is 4.31 Å². The first-order chi connectivity index (χ1) is 7.83. The molecule has 0 aliphatic carbocycles. The number of nitrogens with zero attached hydrogens (tertiary/aromatic N) is 1. The quantitative estimate of drug-likeness (QED) is 0.653. The minimum atomic E-state index is -3.37. The molecule has 2 saturated heterocycles. The highest BCUT2D eigenvalue weighted by Gasteiger charge is 2.40. The first-order valence-electron chi connectivity index (χ1n) is 5.75. The highest BCUT2D eigenvalue weighted by Crippen LogP contribution is 2.23. The second kappa shape index (κ2) is 4.49. The van der Waals surface area contributed by atoms with Crippen LogP contribution in [0.25, 0.3) is 0 Å². The number of hydrogen-bond donors (Lipinski definition) is 1. The molecule has 2 aliphatic heterocycles. The topological polar surface area (TPSA) is 83.6 Å². The van der Waals surface area contributed by atoms with E-state index in [-0.39, 0.29) is 17.5 Å². The van der Waals surface area contributed by atoms with Crippen molar-refractivity contribution < 1.29 is 16.8 Å². The molecular formula is C9H18N2O4S2. The molecule has 100 valence electrons. The van der Waals surface area contributed by atoms with Crippen LogP contribution in [-0.2, 0) is 19.9 Å². The van der Waals surface area contributed by atoms with Crippen LogP contribution in [0.1, 0.15) is 13.3 Å². The van der Waals surface area contributed by atoms with Crippen LogP contribution < -0.4 is 5.32 Å². The molecule has 2 aliphatic rings. The molecular weight excluding hydrogens is 264 g/mol. The largest absolute Gasteiger partial charge is 0.314 e. The Morgan fingerprint density at radius 1 is 1.24 bits per heavy atom. The summed E-state index contributed by atoms with van der Waals surface area (Å²) in [5, 5.41) is 2.56. The predicted molar refractivity (Wildman–Crippen MR) is 65.0 cm³/mol. The van der Waals surface area contributed by atoms with Gasteiger partial charge >= 0.3 is 0 Å². The van der Waals surface area contributed by atoms with Crippen LogP contribution in [-0.4, -0.2) is 63.6 Å². The van der Waals surface area contributed by atoms with Gasteiger partial charge in [0.05, 0.1) is 16.8 Å². The van der Waals surface area contributed by atoms with Crippen molar-refractivity contribution in [1.82, 2.24) is 9.62 Å². The minimum Gasteiger partial charge on any atom is -0.314 e. The van der Waals surface area contributed by atoms with E-state index in [4.69, 9.17) is 0 Å². The van der Waals surface area contributed by atoms with Crippen molar-refractivity contribution in [2.24, 2.45) is 0 Å². The van der Waals surface area contributed by atoms with E-state index in [9.17, 15) is 16.8 Å². The van der Waals surface area contributed by atoms with E-state index in [1.54, 1.807) is 6.92 Å². The van der Waals surface area contributed by atoms with Crippen LogP contribution in [0.5, 0.6) is 0 Å². The SMILES string of the molecule is CC1CNCCN(C2CCS(=O)(=O)C2)S1(=O)=O. The summed E-state index contributed by atoms with van der Waals surface area (Å²) in [7, 11) is -6.42. The molecule has 0 aromatic heterocycles. The molecule has 0 amide bonds. The maximum absolute atomic E-state index is 12.2. The average molecular weight is 282 g/mol. The first kappa shape index (κ1) is 13.3. The fraction of sp³-hybridized carbons (Fsp3) is 1.00. The van der Waals surface area contributed by atoms with Gasteiger partial charge in [-0.15, -0.1) is 0 Å². The molecule has 2 heterocycles. The van der Waals surface area contributed by atoms with Crippen LogP contribution in [0.3, 0.4) is 0 Å². The molecule has 2 fully saturated rings. The monoisotopic (exact) mass is 282 g/mol. The van der Waals surface area contributed by atoms with Crippen LogP contribution >= 0.6 is 0 Å². The lowest BCUT2D eigenvalue weighted by Crippen LogP contribution is -2.45. The summed E-state index contributed by atoms with van der Waals surface area (Å²) in [6, 6.07) is -0.368. The minimum absolute atomic E-state index is 0.0288. The van der Waals surface area contributed by atoms with Crippen LogP contribution in [0.15, 0.2) is 0 Å². The highest BCUT2D eigenvalue weighted by atomic mass is 32.2. The van der Waals surface area contributed by atoms with Gasteiger partial charge in [-0.3, -0.25) is 0 Å². The van der Waals surface area contributed by atoms with Crippen LogP contribution in [0.2, 0.25) is 0 Å². The zero-order chi connectivity index (χ0) is 12.7. The van der Waals surface area contributed by atoms with Gasteiger partial charge in [-0.25, -0.2) is 16.8 Å². The van der Waals surface area contributed by atoms with Gasteiger partial charge in [-0.1, -0.05) is 0 Å². The molecule has 2 unspecified atom stereocenters. The van der Waals surface area contributed by atoms with Gasteiger partial charge in [-0.2, -0.15) is 4.31 Å². The number of rotatable bonds is 1. The Morgan fingerprint density at radius 3 is 2.53 bits per heavy atom. The summed E-state index contributed by atoms with van der Waals surface area (Å²) in [4.78, 5) is 0. The summed E-state index contributed by atoms with van der Waals surface area (Å²) in [5.74, 6) is 0.0739. The van der Waals surface area contributed by atoms with Crippen molar-refractivity contribution in [2.75, 3.05) is 31.1 Å². The van der Waals surface area contributed by atoms with Gasteiger partial charge in [-0.05, 0) is 13.3 Å². The molecule has 0 saturated carbocycles. The van der Waals surface area contributed by atoms with Gasteiger partial charge in [0.1, 0.15) is 0 Å². The second-order valence-electron chi connectivity index (χ2n) is 4.73. The summed E-state index contributed by atoms with van der Waals surface area (Å²) in [5.41, 5.74) is 0. The van der Waals surface area contributed by atoms with E-state index in [2.05, 4.69) is 5.32 Å². The molecule has 0 bridgehead atoms. The summed E-state index contributed by atoms with van der Waals surface area (Å²) in [6.07, 6.45) is 0.425. The highest BCUT2D eigenvalue weighted by molar-refractivity contribution is 7.92.